The van der Waals surface area contributed by atoms with E-state index >= 15 is 0 Å². The molecule has 0 bridgehead atoms. The van der Waals surface area contributed by atoms with Gasteiger partial charge in [0, 0.05) is 0 Å². The van der Waals surface area contributed by atoms with Gasteiger partial charge in [0.2, 0.25) is 0 Å². The van der Waals surface area contributed by atoms with Crippen LogP contribution in [0.25, 0.3) is 0 Å². The van der Waals surface area contributed by atoms with Crippen molar-refractivity contribution in [2.24, 2.45) is 11.8 Å². The molecule has 0 amide bonds. The van der Waals surface area contributed by atoms with Gasteiger partial charge in [0.1, 0.15) is 0 Å². The summed E-state index contributed by atoms with van der Waals surface area (Å²) < 4.78 is 2.53. The SMILES string of the molecule is CC.CC1CC[CH]([Sn][CH]2CCC(C)CC2)CC1. The molecule has 0 aromatic carbocycles. The van der Waals surface area contributed by atoms with Crippen LogP contribution in [0.1, 0.15) is 79.1 Å². The summed E-state index contributed by atoms with van der Waals surface area (Å²) in [7, 11) is 0. The average molecular weight is 343 g/mol. The van der Waals surface area contributed by atoms with E-state index in [0.717, 1.165) is 11.8 Å². The third kappa shape index (κ3) is 5.98. The van der Waals surface area contributed by atoms with Gasteiger partial charge in [0.15, 0.2) is 0 Å². The van der Waals surface area contributed by atoms with Gasteiger partial charge in [-0.3, -0.25) is 0 Å². The Morgan fingerprint density at radius 3 is 1.18 bits per heavy atom. The molecule has 0 unspecified atom stereocenters. The van der Waals surface area contributed by atoms with Crippen molar-refractivity contribution in [2.45, 2.75) is 86.9 Å². The van der Waals surface area contributed by atoms with Crippen molar-refractivity contribution in [2.75, 3.05) is 0 Å². The summed E-state index contributed by atoms with van der Waals surface area (Å²) in [6, 6.07) is 0. The van der Waals surface area contributed by atoms with Gasteiger partial charge in [-0.25, -0.2) is 0 Å². The van der Waals surface area contributed by atoms with E-state index in [1.54, 1.807) is 51.4 Å². The summed E-state index contributed by atoms with van der Waals surface area (Å²) in [5.74, 6) is 2.10. The van der Waals surface area contributed by atoms with Gasteiger partial charge in [0.25, 0.3) is 0 Å². The van der Waals surface area contributed by atoms with Gasteiger partial charge >= 0.3 is 106 Å². The summed E-state index contributed by atoms with van der Waals surface area (Å²) in [4.78, 5) is 0. The van der Waals surface area contributed by atoms with Crippen LogP contribution in [0.4, 0.5) is 0 Å². The molecule has 0 N–H and O–H groups in total. The Bertz CT molecular complexity index is 154. The van der Waals surface area contributed by atoms with E-state index in [9.17, 15) is 0 Å². The second kappa shape index (κ2) is 8.82. The molecule has 0 aliphatic heterocycles. The van der Waals surface area contributed by atoms with E-state index in [1.807, 2.05) is 13.8 Å². The summed E-state index contributed by atoms with van der Waals surface area (Å²) in [5.41, 5.74) is 0. The molecule has 2 fully saturated rings. The maximum absolute atomic E-state index is 2.45. The minimum atomic E-state index is -0.0155. The zero-order valence-electron chi connectivity index (χ0n) is 12.5. The first-order chi connectivity index (χ1) is 8.24. The zero-order chi connectivity index (χ0) is 12.7. The Labute approximate surface area is 120 Å². The quantitative estimate of drug-likeness (QED) is 0.563. The van der Waals surface area contributed by atoms with Gasteiger partial charge in [-0.05, 0) is 0 Å². The van der Waals surface area contributed by atoms with Gasteiger partial charge in [-0.2, -0.15) is 0 Å². The Balaban J connectivity index is 0.000000686. The fraction of sp³-hybridized carbons (Fsp3) is 1.00. The summed E-state index contributed by atoms with van der Waals surface area (Å²) in [6.45, 7) is 8.90. The third-order valence-electron chi connectivity index (χ3n) is 4.50. The monoisotopic (exact) mass is 344 g/mol. The van der Waals surface area contributed by atoms with Crippen LogP contribution in [-0.4, -0.2) is 21.1 Å². The molecule has 2 radical (unpaired) electrons. The van der Waals surface area contributed by atoms with E-state index in [0.29, 0.717) is 0 Å². The molecule has 2 aliphatic rings. The summed E-state index contributed by atoms with van der Waals surface area (Å²) in [6.07, 6.45) is 12.6. The summed E-state index contributed by atoms with van der Waals surface area (Å²) >= 11 is -0.0155. The van der Waals surface area contributed by atoms with E-state index in [-0.39, 0.29) is 21.1 Å². The molecule has 0 aromatic rings. The molecule has 1 heteroatoms. The van der Waals surface area contributed by atoms with Crippen molar-refractivity contribution in [1.82, 2.24) is 0 Å². The molecule has 2 saturated carbocycles. The van der Waals surface area contributed by atoms with Crippen molar-refractivity contribution >= 4 is 21.1 Å². The topological polar surface area (TPSA) is 0 Å². The van der Waals surface area contributed by atoms with Crippen molar-refractivity contribution < 1.29 is 0 Å². The molecule has 2 aliphatic carbocycles. The van der Waals surface area contributed by atoms with Crippen LogP contribution in [-0.2, 0) is 0 Å². The van der Waals surface area contributed by atoms with Crippen LogP contribution in [0, 0.1) is 11.8 Å². The van der Waals surface area contributed by atoms with Gasteiger partial charge in [-0.1, -0.05) is 13.8 Å². The minimum absolute atomic E-state index is 0.0155. The standard InChI is InChI=1S/2C7H13.C2H6.Sn/c2*1-7-5-3-2-4-6-7;1-2;/h2*2,7H,3-6H2,1H3;1-2H3;. The first-order valence-corrected chi connectivity index (χ1v) is 11.3. The second-order valence-corrected chi connectivity index (χ2v) is 11.7. The molecule has 17 heavy (non-hydrogen) atoms. The molecular formula is C16H32Sn. The Morgan fingerprint density at radius 2 is 0.882 bits per heavy atom. The molecule has 0 nitrogen and oxygen atoms in total. The van der Waals surface area contributed by atoms with E-state index < -0.39 is 0 Å². The number of hydrogen-bond acceptors (Lipinski definition) is 0. The van der Waals surface area contributed by atoms with Crippen molar-refractivity contribution in [1.29, 1.82) is 0 Å². The van der Waals surface area contributed by atoms with Gasteiger partial charge in [-0.15, -0.1) is 0 Å². The Hall–Kier alpha value is 0.799. The predicted octanol–water partition coefficient (Wildman–Crippen LogP) is 5.71. The number of rotatable bonds is 2. The molecule has 0 heterocycles. The molecule has 0 saturated heterocycles. The first-order valence-electron chi connectivity index (χ1n) is 8.00. The fourth-order valence-electron chi connectivity index (χ4n) is 3.19. The van der Waals surface area contributed by atoms with Crippen LogP contribution in [0.15, 0.2) is 0 Å². The van der Waals surface area contributed by atoms with Crippen LogP contribution in [0.2, 0.25) is 7.87 Å². The predicted molar refractivity (Wildman–Crippen MR) is 79.9 cm³/mol. The van der Waals surface area contributed by atoms with Gasteiger partial charge < -0.3 is 0 Å². The first kappa shape index (κ1) is 15.9. The van der Waals surface area contributed by atoms with Crippen molar-refractivity contribution in [3.05, 3.63) is 0 Å². The molecule has 0 spiro atoms. The average Bonchev–Trinajstić information content (AvgIpc) is 2.37. The molecule has 2 rings (SSSR count). The fourth-order valence-corrected chi connectivity index (χ4v) is 8.90. The van der Waals surface area contributed by atoms with Crippen LogP contribution in [0.5, 0.6) is 0 Å². The molecule has 0 aromatic heterocycles. The Kier molecular flexibility index (Phi) is 8.23. The Morgan fingerprint density at radius 1 is 0.588 bits per heavy atom. The van der Waals surface area contributed by atoms with Crippen molar-refractivity contribution in [3.63, 3.8) is 0 Å². The zero-order valence-corrected chi connectivity index (χ0v) is 15.3. The van der Waals surface area contributed by atoms with Gasteiger partial charge in [0.05, 0.1) is 0 Å². The maximum atomic E-state index is 2.45. The van der Waals surface area contributed by atoms with E-state index in [2.05, 4.69) is 13.8 Å². The van der Waals surface area contributed by atoms with Crippen LogP contribution < -0.4 is 0 Å². The van der Waals surface area contributed by atoms with Crippen molar-refractivity contribution in [3.8, 4) is 0 Å². The van der Waals surface area contributed by atoms with E-state index in [4.69, 9.17) is 0 Å². The second-order valence-electron chi connectivity index (χ2n) is 6.08. The molecule has 100 valence electrons. The normalized spacial score (nSPS) is 38.1. The van der Waals surface area contributed by atoms with Crippen LogP contribution >= 0.6 is 0 Å². The summed E-state index contributed by atoms with van der Waals surface area (Å²) in [5, 5.41) is 0. The number of hydrogen-bond donors (Lipinski definition) is 0. The third-order valence-corrected chi connectivity index (χ3v) is 10.5. The van der Waals surface area contributed by atoms with Crippen LogP contribution in [0.3, 0.4) is 0 Å². The molecular weight excluding hydrogens is 311 g/mol. The van der Waals surface area contributed by atoms with E-state index in [1.165, 1.54) is 7.87 Å². The molecule has 0 atom stereocenters.